The summed E-state index contributed by atoms with van der Waals surface area (Å²) in [5.41, 5.74) is 2.81. The molecule has 3 rings (SSSR count). The first-order valence-electron chi connectivity index (χ1n) is 10.00. The van der Waals surface area contributed by atoms with Gasteiger partial charge in [0.2, 0.25) is 5.91 Å². The van der Waals surface area contributed by atoms with Crippen molar-refractivity contribution in [2.24, 2.45) is 0 Å². The van der Waals surface area contributed by atoms with E-state index in [-0.39, 0.29) is 5.91 Å². The Hall–Kier alpha value is -2.57. The minimum absolute atomic E-state index is 0.191. The van der Waals surface area contributed by atoms with Gasteiger partial charge in [0.05, 0.1) is 12.8 Å². The summed E-state index contributed by atoms with van der Waals surface area (Å²) in [6.45, 7) is 2.22. The van der Waals surface area contributed by atoms with Gasteiger partial charge >= 0.3 is 0 Å². The normalized spacial score (nSPS) is 11.0. The van der Waals surface area contributed by atoms with Crippen molar-refractivity contribution in [3.8, 4) is 17.0 Å². The molecule has 0 fully saturated rings. The average Bonchev–Trinajstić information content (AvgIpc) is 3.24. The highest BCUT2D eigenvalue weighted by Gasteiger charge is 2.07. The molecule has 0 bridgehead atoms. The van der Waals surface area contributed by atoms with Crippen LogP contribution in [0.4, 0.5) is 5.13 Å². The van der Waals surface area contributed by atoms with Crippen LogP contribution < -0.4 is 10.1 Å². The fourth-order valence-corrected chi connectivity index (χ4v) is 4.40. The number of carbonyl (C=O) groups excluding carboxylic acids is 1. The fourth-order valence-electron chi connectivity index (χ4n) is 2.76. The van der Waals surface area contributed by atoms with E-state index in [1.165, 1.54) is 41.6 Å². The standard InChI is InChI=1S/C24H26N2O2S2/c1-3-4-5-16-29-21-13-6-18(7-14-21)8-15-23(27)26-24-25-22(17-30-24)19-9-11-20(28-2)12-10-19/h6-15,17H,3-5,16H2,1-2H3,(H,25,26,27)/b15-8-. The highest BCUT2D eigenvalue weighted by Crippen LogP contribution is 2.26. The predicted octanol–water partition coefficient (Wildman–Crippen LogP) is 6.75. The molecule has 0 radical (unpaired) electrons. The molecule has 156 valence electrons. The van der Waals surface area contributed by atoms with Gasteiger partial charge in [-0.15, -0.1) is 23.1 Å². The molecule has 1 aromatic heterocycles. The first-order chi connectivity index (χ1) is 14.7. The Bertz CT molecular complexity index is 964. The Morgan fingerprint density at radius 1 is 1.13 bits per heavy atom. The fraction of sp³-hybridized carbons (Fsp3) is 0.250. The zero-order valence-electron chi connectivity index (χ0n) is 17.3. The zero-order valence-corrected chi connectivity index (χ0v) is 18.9. The van der Waals surface area contributed by atoms with Gasteiger partial charge in [-0.25, -0.2) is 4.98 Å². The first-order valence-corrected chi connectivity index (χ1v) is 11.9. The summed E-state index contributed by atoms with van der Waals surface area (Å²) in [4.78, 5) is 18.0. The summed E-state index contributed by atoms with van der Waals surface area (Å²) < 4.78 is 5.18. The molecular weight excluding hydrogens is 412 g/mol. The second-order valence-electron chi connectivity index (χ2n) is 6.71. The topological polar surface area (TPSA) is 51.2 Å². The molecule has 4 nitrogen and oxygen atoms in total. The third-order valence-corrected chi connectivity index (χ3v) is 6.30. The summed E-state index contributed by atoms with van der Waals surface area (Å²) in [6, 6.07) is 16.0. The van der Waals surface area contributed by atoms with Crippen LogP contribution in [0.3, 0.4) is 0 Å². The van der Waals surface area contributed by atoms with Crippen LogP contribution in [0.15, 0.2) is 64.9 Å². The van der Waals surface area contributed by atoms with E-state index >= 15 is 0 Å². The number of rotatable bonds is 10. The first kappa shape index (κ1) is 22.1. The van der Waals surface area contributed by atoms with E-state index in [4.69, 9.17) is 4.74 Å². The van der Waals surface area contributed by atoms with Crippen LogP contribution in [-0.4, -0.2) is 23.8 Å². The second-order valence-corrected chi connectivity index (χ2v) is 8.74. The van der Waals surface area contributed by atoms with Gasteiger partial charge < -0.3 is 4.74 Å². The molecule has 0 aliphatic heterocycles. The number of hydrogen-bond acceptors (Lipinski definition) is 5. The lowest BCUT2D eigenvalue weighted by Gasteiger charge is -2.02. The van der Waals surface area contributed by atoms with Crippen LogP contribution >= 0.6 is 23.1 Å². The van der Waals surface area contributed by atoms with Gasteiger partial charge in [0, 0.05) is 21.9 Å². The van der Waals surface area contributed by atoms with Crippen LogP contribution in [0.1, 0.15) is 31.7 Å². The largest absolute Gasteiger partial charge is 0.497 e. The van der Waals surface area contributed by atoms with Gasteiger partial charge in [0.1, 0.15) is 5.75 Å². The molecule has 1 N–H and O–H groups in total. The summed E-state index contributed by atoms with van der Waals surface area (Å²) >= 11 is 3.29. The molecule has 2 aromatic carbocycles. The zero-order chi connectivity index (χ0) is 21.2. The van der Waals surface area contributed by atoms with Gasteiger partial charge in [-0.05, 0) is 60.2 Å². The van der Waals surface area contributed by atoms with Crippen LogP contribution in [0, 0.1) is 0 Å². The van der Waals surface area contributed by atoms with Crippen LogP contribution in [-0.2, 0) is 4.79 Å². The van der Waals surface area contributed by atoms with E-state index in [9.17, 15) is 4.79 Å². The number of nitrogens with one attached hydrogen (secondary N) is 1. The minimum Gasteiger partial charge on any atom is -0.497 e. The number of methoxy groups -OCH3 is 1. The molecule has 6 heteroatoms. The number of amides is 1. The highest BCUT2D eigenvalue weighted by atomic mass is 32.2. The number of thiazole rings is 1. The molecule has 0 aliphatic rings. The van der Waals surface area contributed by atoms with Crippen molar-refractivity contribution in [1.29, 1.82) is 0 Å². The van der Waals surface area contributed by atoms with Crippen molar-refractivity contribution in [2.45, 2.75) is 31.1 Å². The molecule has 0 atom stereocenters. The van der Waals surface area contributed by atoms with Gasteiger partial charge in [0.25, 0.3) is 0 Å². The lowest BCUT2D eigenvalue weighted by Crippen LogP contribution is -2.07. The van der Waals surface area contributed by atoms with Gasteiger partial charge in [0.15, 0.2) is 5.13 Å². The van der Waals surface area contributed by atoms with E-state index in [0.29, 0.717) is 5.13 Å². The summed E-state index contributed by atoms with van der Waals surface area (Å²) in [6.07, 6.45) is 7.14. The second kappa shape index (κ2) is 11.6. The average molecular weight is 439 g/mol. The number of anilines is 1. The van der Waals surface area contributed by atoms with Crippen molar-refractivity contribution >= 4 is 40.2 Å². The van der Waals surface area contributed by atoms with E-state index in [2.05, 4.69) is 29.4 Å². The Morgan fingerprint density at radius 3 is 2.60 bits per heavy atom. The monoisotopic (exact) mass is 438 g/mol. The van der Waals surface area contributed by atoms with Crippen LogP contribution in [0.5, 0.6) is 5.75 Å². The van der Waals surface area contributed by atoms with Crippen molar-refractivity contribution in [2.75, 3.05) is 18.2 Å². The number of hydrogen-bond donors (Lipinski definition) is 1. The molecule has 0 spiro atoms. The molecule has 1 heterocycles. The lowest BCUT2D eigenvalue weighted by molar-refractivity contribution is -0.111. The van der Waals surface area contributed by atoms with Crippen molar-refractivity contribution < 1.29 is 9.53 Å². The van der Waals surface area contributed by atoms with Gasteiger partial charge in [-0.1, -0.05) is 31.9 Å². The summed E-state index contributed by atoms with van der Waals surface area (Å²) in [5, 5.41) is 5.34. The maximum absolute atomic E-state index is 12.2. The Morgan fingerprint density at radius 2 is 1.90 bits per heavy atom. The predicted molar refractivity (Wildman–Crippen MR) is 128 cm³/mol. The Kier molecular flexibility index (Phi) is 8.53. The van der Waals surface area contributed by atoms with Crippen molar-refractivity contribution in [3.63, 3.8) is 0 Å². The number of thioether (sulfide) groups is 1. The quantitative estimate of drug-likeness (QED) is 0.216. The number of benzene rings is 2. The molecule has 0 saturated heterocycles. The third kappa shape index (κ3) is 6.75. The van der Waals surface area contributed by atoms with E-state index in [0.717, 1.165) is 28.3 Å². The molecule has 0 unspecified atom stereocenters. The van der Waals surface area contributed by atoms with Crippen LogP contribution in [0.25, 0.3) is 17.3 Å². The number of unbranched alkanes of at least 4 members (excludes halogenated alkanes) is 2. The number of nitrogens with zero attached hydrogens (tertiary/aromatic N) is 1. The van der Waals surface area contributed by atoms with Gasteiger partial charge in [-0.2, -0.15) is 0 Å². The molecule has 0 saturated carbocycles. The number of carbonyl (C=O) groups is 1. The molecule has 30 heavy (non-hydrogen) atoms. The summed E-state index contributed by atoms with van der Waals surface area (Å²) in [5.74, 6) is 1.76. The molecule has 0 aliphatic carbocycles. The number of ether oxygens (including phenoxy) is 1. The minimum atomic E-state index is -0.191. The van der Waals surface area contributed by atoms with Crippen LogP contribution in [0.2, 0.25) is 0 Å². The van der Waals surface area contributed by atoms with Gasteiger partial charge in [-0.3, -0.25) is 10.1 Å². The lowest BCUT2D eigenvalue weighted by atomic mass is 10.2. The molecule has 1 amide bonds. The maximum atomic E-state index is 12.2. The molecular formula is C24H26N2O2S2. The SMILES string of the molecule is CCCCCSc1ccc(/C=C\C(=O)Nc2nc(-c3ccc(OC)cc3)cs2)cc1. The number of aromatic nitrogens is 1. The smallest absolute Gasteiger partial charge is 0.250 e. The highest BCUT2D eigenvalue weighted by molar-refractivity contribution is 7.99. The molecule has 3 aromatic rings. The summed E-state index contributed by atoms with van der Waals surface area (Å²) in [7, 11) is 1.64. The van der Waals surface area contributed by atoms with E-state index in [1.54, 1.807) is 7.11 Å². The third-order valence-electron chi connectivity index (χ3n) is 4.44. The van der Waals surface area contributed by atoms with E-state index < -0.39 is 0 Å². The van der Waals surface area contributed by atoms with E-state index in [1.807, 2.05) is 59.6 Å². The Balaban J connectivity index is 1.51. The Labute approximate surface area is 186 Å². The maximum Gasteiger partial charge on any atom is 0.250 e. The van der Waals surface area contributed by atoms with Crippen molar-refractivity contribution in [3.05, 3.63) is 65.6 Å². The van der Waals surface area contributed by atoms with Crippen molar-refractivity contribution in [1.82, 2.24) is 4.98 Å².